The second kappa shape index (κ2) is 8.65. The summed E-state index contributed by atoms with van der Waals surface area (Å²) in [5, 5.41) is 0.658. The van der Waals surface area contributed by atoms with Crippen LogP contribution in [0.4, 0.5) is 0 Å². The quantitative estimate of drug-likeness (QED) is 0.553. The van der Waals surface area contributed by atoms with Gasteiger partial charge >= 0.3 is 17.6 Å². The van der Waals surface area contributed by atoms with Crippen LogP contribution in [0.15, 0.2) is 21.3 Å². The van der Waals surface area contributed by atoms with Crippen LogP contribution in [0.3, 0.4) is 0 Å². The summed E-state index contributed by atoms with van der Waals surface area (Å²) >= 11 is 0. The highest BCUT2D eigenvalue weighted by Gasteiger charge is 2.23. The number of rotatable bonds is 7. The number of hydrogen-bond donors (Lipinski definition) is 0. The third-order valence-electron chi connectivity index (χ3n) is 4.16. The standard InChI is InChI=1S/C20H24O6/c1-5-8-12-13(9-6-2)20(23)26-17-11-16(18(21)24-4)15(10-14(12)17)19(22)25-7-3/h10-11H,5-9H2,1-4H3. The van der Waals surface area contributed by atoms with Crippen molar-refractivity contribution in [3.8, 4) is 0 Å². The van der Waals surface area contributed by atoms with E-state index in [0.717, 1.165) is 18.4 Å². The van der Waals surface area contributed by atoms with Gasteiger partial charge in [-0.1, -0.05) is 26.7 Å². The molecule has 0 bridgehead atoms. The van der Waals surface area contributed by atoms with Gasteiger partial charge in [0, 0.05) is 10.9 Å². The molecule has 0 spiro atoms. The monoisotopic (exact) mass is 360 g/mol. The molecule has 2 aromatic rings. The Hall–Kier alpha value is -2.63. The van der Waals surface area contributed by atoms with E-state index < -0.39 is 17.6 Å². The first-order valence-electron chi connectivity index (χ1n) is 8.86. The van der Waals surface area contributed by atoms with E-state index in [-0.39, 0.29) is 23.3 Å². The van der Waals surface area contributed by atoms with Gasteiger partial charge in [0.15, 0.2) is 0 Å². The molecule has 2 rings (SSSR count). The minimum atomic E-state index is -0.688. The predicted octanol–water partition coefficient (Wildman–Crippen LogP) is 3.66. The fraction of sp³-hybridized carbons (Fsp3) is 0.450. The topological polar surface area (TPSA) is 82.8 Å². The van der Waals surface area contributed by atoms with E-state index in [1.165, 1.54) is 13.2 Å². The fourth-order valence-electron chi connectivity index (χ4n) is 3.04. The number of benzene rings is 1. The Balaban J connectivity index is 2.85. The van der Waals surface area contributed by atoms with Crippen molar-refractivity contribution in [2.24, 2.45) is 0 Å². The number of carbonyl (C=O) groups excluding carboxylic acids is 2. The average Bonchev–Trinajstić information content (AvgIpc) is 2.63. The van der Waals surface area contributed by atoms with Gasteiger partial charge in [-0.3, -0.25) is 0 Å². The molecule has 0 aliphatic carbocycles. The normalized spacial score (nSPS) is 10.8. The number of methoxy groups -OCH3 is 1. The highest BCUT2D eigenvalue weighted by molar-refractivity contribution is 6.07. The second-order valence-electron chi connectivity index (χ2n) is 5.95. The van der Waals surface area contributed by atoms with Crippen LogP contribution in [0.25, 0.3) is 11.0 Å². The molecule has 1 aromatic carbocycles. The molecule has 0 atom stereocenters. The van der Waals surface area contributed by atoms with Crippen LogP contribution in [-0.2, 0) is 22.3 Å². The largest absolute Gasteiger partial charge is 0.465 e. The van der Waals surface area contributed by atoms with E-state index in [4.69, 9.17) is 13.9 Å². The molecule has 0 N–H and O–H groups in total. The van der Waals surface area contributed by atoms with Crippen LogP contribution in [-0.4, -0.2) is 25.7 Å². The first-order valence-corrected chi connectivity index (χ1v) is 8.86. The van der Waals surface area contributed by atoms with Crippen LogP contribution < -0.4 is 5.63 Å². The van der Waals surface area contributed by atoms with E-state index in [0.29, 0.717) is 23.8 Å². The summed E-state index contributed by atoms with van der Waals surface area (Å²) < 4.78 is 15.3. The zero-order chi connectivity index (χ0) is 19.3. The fourth-order valence-corrected chi connectivity index (χ4v) is 3.04. The smallest absolute Gasteiger partial charge is 0.339 e. The Kier molecular flexibility index (Phi) is 6.55. The van der Waals surface area contributed by atoms with Gasteiger partial charge in [0.1, 0.15) is 5.58 Å². The van der Waals surface area contributed by atoms with Gasteiger partial charge in [0.25, 0.3) is 0 Å². The lowest BCUT2D eigenvalue weighted by molar-refractivity contribution is 0.0504. The molecule has 6 heteroatoms. The van der Waals surface area contributed by atoms with Crippen molar-refractivity contribution in [1.29, 1.82) is 0 Å². The van der Waals surface area contributed by atoms with Gasteiger partial charge in [0.05, 0.1) is 24.8 Å². The zero-order valence-electron chi connectivity index (χ0n) is 15.6. The Bertz CT molecular complexity index is 878. The van der Waals surface area contributed by atoms with Crippen molar-refractivity contribution >= 4 is 22.9 Å². The van der Waals surface area contributed by atoms with E-state index in [1.54, 1.807) is 13.0 Å². The third kappa shape index (κ3) is 3.79. The lowest BCUT2D eigenvalue weighted by Gasteiger charge is -2.13. The molecule has 0 amide bonds. The minimum Gasteiger partial charge on any atom is -0.465 e. The van der Waals surface area contributed by atoms with Crippen molar-refractivity contribution in [3.05, 3.63) is 44.8 Å². The van der Waals surface area contributed by atoms with Gasteiger partial charge < -0.3 is 13.9 Å². The van der Waals surface area contributed by atoms with Gasteiger partial charge in [-0.25, -0.2) is 14.4 Å². The highest BCUT2D eigenvalue weighted by atomic mass is 16.5. The summed E-state index contributed by atoms with van der Waals surface area (Å²) in [6.45, 7) is 5.89. The Morgan fingerprint density at radius 1 is 0.962 bits per heavy atom. The molecule has 0 aliphatic heterocycles. The lowest BCUT2D eigenvalue weighted by atomic mass is 9.94. The van der Waals surface area contributed by atoms with Crippen LogP contribution >= 0.6 is 0 Å². The number of fused-ring (bicyclic) bond motifs is 1. The second-order valence-corrected chi connectivity index (χ2v) is 5.95. The molecule has 0 fully saturated rings. The molecule has 1 heterocycles. The molecule has 0 radical (unpaired) electrons. The summed E-state index contributed by atoms with van der Waals surface area (Å²) in [6.07, 6.45) is 2.92. The summed E-state index contributed by atoms with van der Waals surface area (Å²) in [5.41, 5.74) is 1.49. The van der Waals surface area contributed by atoms with Gasteiger partial charge in [0.2, 0.25) is 0 Å². The highest BCUT2D eigenvalue weighted by Crippen LogP contribution is 2.27. The van der Waals surface area contributed by atoms with Crippen LogP contribution in [0.1, 0.15) is 65.5 Å². The van der Waals surface area contributed by atoms with Crippen molar-refractivity contribution in [2.75, 3.05) is 13.7 Å². The number of esters is 2. The molecule has 0 aliphatic rings. The van der Waals surface area contributed by atoms with Gasteiger partial charge in [-0.15, -0.1) is 0 Å². The third-order valence-corrected chi connectivity index (χ3v) is 4.16. The first-order chi connectivity index (χ1) is 12.5. The number of carbonyl (C=O) groups is 2. The van der Waals surface area contributed by atoms with Gasteiger partial charge in [-0.2, -0.15) is 0 Å². The summed E-state index contributed by atoms with van der Waals surface area (Å²) in [4.78, 5) is 36.9. The van der Waals surface area contributed by atoms with E-state index in [9.17, 15) is 14.4 Å². The first kappa shape index (κ1) is 19.7. The molecule has 6 nitrogen and oxygen atoms in total. The maximum atomic E-state index is 12.4. The van der Waals surface area contributed by atoms with Gasteiger partial charge in [-0.05, 0) is 37.5 Å². The summed E-state index contributed by atoms with van der Waals surface area (Å²) in [5.74, 6) is -1.30. The minimum absolute atomic E-state index is 0.0206. The number of hydrogen-bond acceptors (Lipinski definition) is 6. The van der Waals surface area contributed by atoms with E-state index in [2.05, 4.69) is 0 Å². The Morgan fingerprint density at radius 3 is 2.15 bits per heavy atom. The predicted molar refractivity (Wildman–Crippen MR) is 97.8 cm³/mol. The van der Waals surface area contributed by atoms with Crippen LogP contribution in [0.2, 0.25) is 0 Å². The molecule has 0 saturated heterocycles. The number of aryl methyl sites for hydroxylation is 1. The molecule has 1 aromatic heterocycles. The molecular formula is C20H24O6. The molecule has 0 saturated carbocycles. The average molecular weight is 360 g/mol. The Labute approximate surface area is 152 Å². The maximum absolute atomic E-state index is 12.4. The van der Waals surface area contributed by atoms with E-state index >= 15 is 0 Å². The molecule has 0 unspecified atom stereocenters. The molecular weight excluding hydrogens is 336 g/mol. The van der Waals surface area contributed by atoms with Crippen LogP contribution in [0, 0.1) is 0 Å². The van der Waals surface area contributed by atoms with E-state index in [1.807, 2.05) is 13.8 Å². The summed E-state index contributed by atoms with van der Waals surface area (Å²) in [7, 11) is 1.23. The molecule has 26 heavy (non-hydrogen) atoms. The SMILES string of the molecule is CCCc1c(CCC)c2cc(C(=O)OCC)c(C(=O)OC)cc2oc1=O. The zero-order valence-corrected chi connectivity index (χ0v) is 15.6. The molecule has 140 valence electrons. The maximum Gasteiger partial charge on any atom is 0.339 e. The van der Waals surface area contributed by atoms with Crippen LogP contribution in [0.5, 0.6) is 0 Å². The van der Waals surface area contributed by atoms with Crippen molar-refractivity contribution in [1.82, 2.24) is 0 Å². The van der Waals surface area contributed by atoms with Crippen molar-refractivity contribution in [2.45, 2.75) is 46.5 Å². The van der Waals surface area contributed by atoms with Crippen molar-refractivity contribution in [3.63, 3.8) is 0 Å². The number of ether oxygens (including phenoxy) is 2. The summed E-state index contributed by atoms with van der Waals surface area (Å²) in [6, 6.07) is 2.97. The Morgan fingerprint density at radius 2 is 1.58 bits per heavy atom. The van der Waals surface area contributed by atoms with Crippen molar-refractivity contribution < 1.29 is 23.5 Å². The lowest BCUT2D eigenvalue weighted by Crippen LogP contribution is -2.16.